The van der Waals surface area contributed by atoms with Gasteiger partial charge in [0, 0.05) is 17.6 Å². The zero-order valence-electron chi connectivity index (χ0n) is 11.4. The molecule has 1 aliphatic rings. The fourth-order valence-electron chi connectivity index (χ4n) is 2.30. The molecular formula is C15H20BrNO. The van der Waals surface area contributed by atoms with Crippen molar-refractivity contribution in [2.45, 2.75) is 32.0 Å². The first kappa shape index (κ1) is 13.6. The number of hydrogen-bond donors (Lipinski definition) is 0. The largest absolute Gasteiger partial charge is 0.315 e. The molecule has 2 unspecified atom stereocenters. The summed E-state index contributed by atoms with van der Waals surface area (Å²) in [5.41, 5.74) is 3.49. The first-order valence-corrected chi connectivity index (χ1v) is 7.36. The lowest BCUT2D eigenvalue weighted by Gasteiger charge is -2.23. The summed E-state index contributed by atoms with van der Waals surface area (Å²) in [6.07, 6.45) is 0.537. The molecule has 98 valence electrons. The summed E-state index contributed by atoms with van der Waals surface area (Å²) in [4.78, 5) is 13.8. The quantitative estimate of drug-likeness (QED) is 0.775. The van der Waals surface area contributed by atoms with Crippen LogP contribution >= 0.6 is 15.9 Å². The van der Waals surface area contributed by atoms with Gasteiger partial charge in [-0.15, -0.1) is 0 Å². The summed E-state index contributed by atoms with van der Waals surface area (Å²) in [6, 6.07) is 6.37. The number of anilines is 1. The average Bonchev–Trinajstić information content (AvgIpc) is 2.62. The van der Waals surface area contributed by atoms with Crippen molar-refractivity contribution in [1.82, 2.24) is 0 Å². The van der Waals surface area contributed by atoms with Crippen LogP contribution in [0.3, 0.4) is 0 Å². The van der Waals surface area contributed by atoms with E-state index < -0.39 is 0 Å². The predicted octanol–water partition coefficient (Wildman–Crippen LogP) is 3.93. The van der Waals surface area contributed by atoms with Gasteiger partial charge in [0.05, 0.1) is 6.42 Å². The van der Waals surface area contributed by atoms with Crippen molar-refractivity contribution in [3.8, 4) is 0 Å². The Bertz CT molecular complexity index is 470. The van der Waals surface area contributed by atoms with Crippen LogP contribution < -0.4 is 4.90 Å². The molecule has 1 aliphatic heterocycles. The molecular weight excluding hydrogens is 290 g/mol. The van der Waals surface area contributed by atoms with Gasteiger partial charge >= 0.3 is 0 Å². The van der Waals surface area contributed by atoms with Crippen LogP contribution in [0.15, 0.2) is 18.2 Å². The lowest BCUT2D eigenvalue weighted by atomic mass is 9.90. The zero-order valence-corrected chi connectivity index (χ0v) is 13.0. The van der Waals surface area contributed by atoms with Crippen molar-refractivity contribution in [3.63, 3.8) is 0 Å². The van der Waals surface area contributed by atoms with Crippen molar-refractivity contribution in [3.05, 3.63) is 29.3 Å². The third-order valence-corrected chi connectivity index (χ3v) is 5.37. The standard InChI is InChI=1S/C15H20BrNO/c1-9(2)10(3)15(16)11-5-6-13-12(7-11)8-14(18)17(13)4/h5-7,9-10,15H,8H2,1-4H3. The molecule has 3 heteroatoms. The molecule has 0 fully saturated rings. The smallest absolute Gasteiger partial charge is 0.231 e. The van der Waals surface area contributed by atoms with Gasteiger partial charge in [0.2, 0.25) is 5.91 Å². The van der Waals surface area contributed by atoms with E-state index in [4.69, 9.17) is 0 Å². The van der Waals surface area contributed by atoms with Gasteiger partial charge in [-0.2, -0.15) is 0 Å². The fraction of sp³-hybridized carbons (Fsp3) is 0.533. The molecule has 1 aromatic carbocycles. The summed E-state index contributed by atoms with van der Waals surface area (Å²) in [7, 11) is 1.84. The van der Waals surface area contributed by atoms with Crippen LogP contribution in [0.4, 0.5) is 5.69 Å². The highest BCUT2D eigenvalue weighted by molar-refractivity contribution is 9.09. The molecule has 18 heavy (non-hydrogen) atoms. The van der Waals surface area contributed by atoms with Gasteiger partial charge in [-0.3, -0.25) is 4.79 Å². The van der Waals surface area contributed by atoms with Gasteiger partial charge in [-0.1, -0.05) is 48.8 Å². The van der Waals surface area contributed by atoms with Crippen molar-refractivity contribution in [2.24, 2.45) is 11.8 Å². The Hall–Kier alpha value is -0.830. The minimum absolute atomic E-state index is 0.185. The lowest BCUT2D eigenvalue weighted by Crippen LogP contribution is -2.20. The third-order valence-electron chi connectivity index (χ3n) is 4.01. The maximum absolute atomic E-state index is 11.7. The van der Waals surface area contributed by atoms with E-state index in [-0.39, 0.29) is 5.91 Å². The van der Waals surface area contributed by atoms with E-state index in [1.807, 2.05) is 7.05 Å². The maximum atomic E-state index is 11.7. The van der Waals surface area contributed by atoms with Gasteiger partial charge in [0.15, 0.2) is 0 Å². The second-order valence-corrected chi connectivity index (χ2v) is 6.51. The van der Waals surface area contributed by atoms with Crippen molar-refractivity contribution >= 4 is 27.5 Å². The molecule has 0 saturated heterocycles. The molecule has 0 aliphatic carbocycles. The maximum Gasteiger partial charge on any atom is 0.231 e. The Balaban J connectivity index is 2.28. The van der Waals surface area contributed by atoms with Crippen LogP contribution in [0.2, 0.25) is 0 Å². The van der Waals surface area contributed by atoms with E-state index in [1.54, 1.807) is 4.90 Å². The second kappa shape index (κ2) is 5.04. The molecule has 1 amide bonds. The number of rotatable bonds is 3. The molecule has 0 saturated carbocycles. The van der Waals surface area contributed by atoms with Crippen LogP contribution in [0.25, 0.3) is 0 Å². The summed E-state index contributed by atoms with van der Waals surface area (Å²) < 4.78 is 0. The van der Waals surface area contributed by atoms with E-state index in [1.165, 1.54) is 5.56 Å². The predicted molar refractivity (Wildman–Crippen MR) is 79.2 cm³/mol. The first-order valence-electron chi connectivity index (χ1n) is 6.45. The average molecular weight is 310 g/mol. The van der Waals surface area contributed by atoms with Crippen molar-refractivity contribution < 1.29 is 4.79 Å². The number of likely N-dealkylation sites (N-methyl/N-ethyl adjacent to an activating group) is 1. The van der Waals surface area contributed by atoms with Gasteiger partial charge in [0.1, 0.15) is 0 Å². The fourth-order valence-corrected chi connectivity index (χ4v) is 3.20. The summed E-state index contributed by atoms with van der Waals surface area (Å²) in [6.45, 7) is 6.74. The van der Waals surface area contributed by atoms with E-state index in [9.17, 15) is 4.79 Å². The van der Waals surface area contributed by atoms with Gasteiger partial charge in [-0.25, -0.2) is 0 Å². The summed E-state index contributed by atoms with van der Waals surface area (Å²) in [5.74, 6) is 1.38. The number of carbonyl (C=O) groups excluding carboxylic acids is 1. The normalized spacial score (nSPS) is 18.1. The van der Waals surface area contributed by atoms with Crippen molar-refractivity contribution in [1.29, 1.82) is 0 Å². The van der Waals surface area contributed by atoms with Gasteiger partial charge in [0.25, 0.3) is 0 Å². The SMILES string of the molecule is CC(C)C(C)C(Br)c1ccc2c(c1)CC(=O)N2C. The molecule has 0 aromatic heterocycles. The third kappa shape index (κ3) is 2.33. The van der Waals surface area contributed by atoms with Gasteiger partial charge < -0.3 is 4.90 Å². The molecule has 1 heterocycles. The summed E-state index contributed by atoms with van der Waals surface area (Å²) in [5, 5.41) is 0. The number of hydrogen-bond acceptors (Lipinski definition) is 1. The number of benzene rings is 1. The molecule has 2 rings (SSSR count). The number of fused-ring (bicyclic) bond motifs is 1. The second-order valence-electron chi connectivity index (χ2n) is 5.52. The zero-order chi connectivity index (χ0) is 13.4. The highest BCUT2D eigenvalue weighted by Crippen LogP contribution is 2.38. The highest BCUT2D eigenvalue weighted by atomic mass is 79.9. The van der Waals surface area contributed by atoms with E-state index in [0.717, 1.165) is 11.3 Å². The molecule has 0 spiro atoms. The lowest BCUT2D eigenvalue weighted by molar-refractivity contribution is -0.117. The van der Waals surface area contributed by atoms with E-state index >= 15 is 0 Å². The Labute approximate surface area is 117 Å². The van der Waals surface area contributed by atoms with Gasteiger partial charge in [-0.05, 0) is 29.0 Å². The van der Waals surface area contributed by atoms with Crippen LogP contribution in [0, 0.1) is 11.8 Å². The molecule has 2 nitrogen and oxygen atoms in total. The monoisotopic (exact) mass is 309 g/mol. The molecule has 0 N–H and O–H groups in total. The number of amides is 1. The number of carbonyl (C=O) groups is 1. The summed E-state index contributed by atoms with van der Waals surface area (Å²) >= 11 is 3.79. The molecule has 2 atom stereocenters. The Morgan fingerprint density at radius 1 is 1.28 bits per heavy atom. The number of alkyl halides is 1. The molecule has 0 bridgehead atoms. The first-order chi connectivity index (χ1) is 8.41. The van der Waals surface area contributed by atoms with Crippen LogP contribution in [0.1, 0.15) is 36.7 Å². The van der Waals surface area contributed by atoms with E-state index in [2.05, 4.69) is 54.9 Å². The minimum Gasteiger partial charge on any atom is -0.315 e. The Morgan fingerprint density at radius 3 is 2.56 bits per heavy atom. The highest BCUT2D eigenvalue weighted by Gasteiger charge is 2.26. The van der Waals surface area contributed by atoms with E-state index in [0.29, 0.717) is 23.1 Å². The molecule has 1 aromatic rings. The Morgan fingerprint density at radius 2 is 1.94 bits per heavy atom. The molecule has 0 radical (unpaired) electrons. The number of nitrogens with zero attached hydrogens (tertiary/aromatic N) is 1. The van der Waals surface area contributed by atoms with Crippen LogP contribution in [-0.2, 0) is 11.2 Å². The van der Waals surface area contributed by atoms with Crippen molar-refractivity contribution in [2.75, 3.05) is 11.9 Å². The topological polar surface area (TPSA) is 20.3 Å². The number of halogens is 1. The van der Waals surface area contributed by atoms with Crippen LogP contribution in [-0.4, -0.2) is 13.0 Å². The van der Waals surface area contributed by atoms with Crippen LogP contribution in [0.5, 0.6) is 0 Å². The Kier molecular flexibility index (Phi) is 3.81. The minimum atomic E-state index is 0.185.